The van der Waals surface area contributed by atoms with E-state index in [9.17, 15) is 0 Å². The van der Waals surface area contributed by atoms with Gasteiger partial charge in [-0.1, -0.05) is 25.1 Å². The lowest BCUT2D eigenvalue weighted by Gasteiger charge is -2.21. The number of rotatable bonds is 9. The maximum absolute atomic E-state index is 5.39. The Morgan fingerprint density at radius 3 is 2.74 bits per heavy atom. The van der Waals surface area contributed by atoms with Gasteiger partial charge in [-0.25, -0.2) is 0 Å². The minimum absolute atomic E-state index is 0.583. The Bertz CT molecular complexity index is 354. The summed E-state index contributed by atoms with van der Waals surface area (Å²) in [6.07, 6.45) is 2.37. The number of hydrogen-bond acceptors (Lipinski definition) is 3. The third-order valence-corrected chi connectivity index (χ3v) is 3.32. The van der Waals surface area contributed by atoms with E-state index < -0.39 is 0 Å². The highest BCUT2D eigenvalue weighted by Gasteiger charge is 2.07. The molecule has 1 N–H and O–H groups in total. The fourth-order valence-corrected chi connectivity index (χ4v) is 2.11. The van der Waals surface area contributed by atoms with Crippen molar-refractivity contribution in [3.63, 3.8) is 0 Å². The monoisotopic (exact) mass is 264 g/mol. The van der Waals surface area contributed by atoms with Crippen LogP contribution in [-0.2, 0) is 6.54 Å². The summed E-state index contributed by atoms with van der Waals surface area (Å²) >= 11 is 0. The minimum atomic E-state index is 0.583. The first-order valence-corrected chi connectivity index (χ1v) is 7.21. The molecule has 1 rings (SSSR count). The van der Waals surface area contributed by atoms with Crippen LogP contribution in [0.5, 0.6) is 5.75 Å². The zero-order valence-electron chi connectivity index (χ0n) is 12.8. The molecule has 0 radical (unpaired) electrons. The molecule has 0 aliphatic heterocycles. The van der Waals surface area contributed by atoms with E-state index in [1.54, 1.807) is 7.11 Å². The van der Waals surface area contributed by atoms with Gasteiger partial charge in [0, 0.05) is 18.2 Å². The van der Waals surface area contributed by atoms with Crippen molar-refractivity contribution in [1.29, 1.82) is 0 Å². The Labute approximate surface area is 118 Å². The van der Waals surface area contributed by atoms with Gasteiger partial charge >= 0.3 is 0 Å². The maximum atomic E-state index is 5.39. The van der Waals surface area contributed by atoms with Gasteiger partial charge in [-0.05, 0) is 46.0 Å². The molecule has 0 aromatic heterocycles. The normalized spacial score (nSPS) is 12.7. The fraction of sp³-hybridized carbons (Fsp3) is 0.625. The molecule has 0 saturated carbocycles. The van der Waals surface area contributed by atoms with Gasteiger partial charge in [-0.3, -0.25) is 0 Å². The van der Waals surface area contributed by atoms with Gasteiger partial charge in [0.15, 0.2) is 0 Å². The van der Waals surface area contributed by atoms with Crippen LogP contribution in [0.3, 0.4) is 0 Å². The molecule has 0 amide bonds. The average molecular weight is 264 g/mol. The molecule has 1 aromatic carbocycles. The van der Waals surface area contributed by atoms with Crippen molar-refractivity contribution < 1.29 is 4.74 Å². The van der Waals surface area contributed by atoms with Crippen LogP contribution in [0.15, 0.2) is 24.3 Å². The first-order valence-electron chi connectivity index (χ1n) is 7.21. The Kier molecular flexibility index (Phi) is 7.53. The highest BCUT2D eigenvalue weighted by atomic mass is 16.5. The van der Waals surface area contributed by atoms with Crippen LogP contribution in [0.2, 0.25) is 0 Å². The first kappa shape index (κ1) is 16.0. The van der Waals surface area contributed by atoms with Crippen LogP contribution in [0.4, 0.5) is 0 Å². The summed E-state index contributed by atoms with van der Waals surface area (Å²) in [6, 6.07) is 8.82. The lowest BCUT2D eigenvalue weighted by molar-refractivity contribution is 0.297. The molecule has 1 atom stereocenters. The molecule has 0 spiro atoms. The summed E-state index contributed by atoms with van der Waals surface area (Å²) in [7, 11) is 3.90. The highest BCUT2D eigenvalue weighted by molar-refractivity contribution is 5.32. The number of hydrogen-bond donors (Lipinski definition) is 1. The standard InChI is InChI=1S/C16H28N2O/c1-5-11-17-14(2)10-12-18(3)13-15-8-6-7-9-16(15)19-4/h6-9,14,17H,5,10-13H2,1-4H3. The SMILES string of the molecule is CCCNC(C)CCN(C)Cc1ccccc1OC. The topological polar surface area (TPSA) is 24.5 Å². The Morgan fingerprint density at radius 2 is 2.05 bits per heavy atom. The molecule has 1 aromatic rings. The van der Waals surface area contributed by atoms with Crippen molar-refractivity contribution in [2.45, 2.75) is 39.3 Å². The summed E-state index contributed by atoms with van der Waals surface area (Å²) in [5.41, 5.74) is 1.25. The van der Waals surface area contributed by atoms with Crippen molar-refractivity contribution in [2.24, 2.45) is 0 Å². The maximum Gasteiger partial charge on any atom is 0.123 e. The van der Waals surface area contributed by atoms with Gasteiger partial charge in [0.1, 0.15) is 5.75 Å². The Morgan fingerprint density at radius 1 is 1.32 bits per heavy atom. The fourth-order valence-electron chi connectivity index (χ4n) is 2.11. The molecule has 108 valence electrons. The van der Waals surface area contributed by atoms with Crippen molar-refractivity contribution in [2.75, 3.05) is 27.2 Å². The molecule has 1 unspecified atom stereocenters. The highest BCUT2D eigenvalue weighted by Crippen LogP contribution is 2.18. The van der Waals surface area contributed by atoms with Gasteiger partial charge in [0.2, 0.25) is 0 Å². The van der Waals surface area contributed by atoms with Gasteiger partial charge < -0.3 is 15.0 Å². The second kappa shape index (κ2) is 8.94. The van der Waals surface area contributed by atoms with Crippen molar-refractivity contribution >= 4 is 0 Å². The van der Waals surface area contributed by atoms with Crippen LogP contribution < -0.4 is 10.1 Å². The molecule has 19 heavy (non-hydrogen) atoms. The number of ether oxygens (including phenoxy) is 1. The zero-order chi connectivity index (χ0) is 14.1. The second-order valence-corrected chi connectivity index (χ2v) is 5.19. The van der Waals surface area contributed by atoms with Crippen LogP contribution in [0.1, 0.15) is 32.3 Å². The van der Waals surface area contributed by atoms with E-state index in [0.717, 1.165) is 25.4 Å². The predicted molar refractivity (Wildman–Crippen MR) is 81.7 cm³/mol. The lowest BCUT2D eigenvalue weighted by atomic mass is 10.1. The van der Waals surface area contributed by atoms with E-state index >= 15 is 0 Å². The molecular weight excluding hydrogens is 236 g/mol. The first-order chi connectivity index (χ1) is 9.17. The predicted octanol–water partition coefficient (Wildman–Crippen LogP) is 2.91. The molecule has 0 aliphatic rings. The molecule has 0 heterocycles. The van der Waals surface area contributed by atoms with Gasteiger partial charge in [0.05, 0.1) is 7.11 Å². The molecule has 0 aliphatic carbocycles. The van der Waals surface area contributed by atoms with E-state index in [1.807, 2.05) is 12.1 Å². The summed E-state index contributed by atoms with van der Waals surface area (Å²) < 4.78 is 5.39. The number of nitrogens with one attached hydrogen (secondary N) is 1. The molecule has 3 nitrogen and oxygen atoms in total. The Balaban J connectivity index is 2.36. The molecular formula is C16H28N2O. The van der Waals surface area contributed by atoms with Gasteiger partial charge in [-0.2, -0.15) is 0 Å². The minimum Gasteiger partial charge on any atom is -0.496 e. The van der Waals surface area contributed by atoms with Crippen LogP contribution in [0, 0.1) is 0 Å². The van der Waals surface area contributed by atoms with E-state index in [0.29, 0.717) is 6.04 Å². The number of methoxy groups -OCH3 is 1. The van der Waals surface area contributed by atoms with Crippen LogP contribution in [-0.4, -0.2) is 38.2 Å². The molecule has 0 bridgehead atoms. The smallest absolute Gasteiger partial charge is 0.123 e. The van der Waals surface area contributed by atoms with Crippen LogP contribution in [0.25, 0.3) is 0 Å². The number of para-hydroxylation sites is 1. The molecule has 0 saturated heterocycles. The third kappa shape index (κ3) is 6.08. The van der Waals surface area contributed by atoms with E-state index in [1.165, 1.54) is 18.4 Å². The zero-order valence-corrected chi connectivity index (χ0v) is 12.8. The lowest BCUT2D eigenvalue weighted by Crippen LogP contribution is -2.31. The molecule has 3 heteroatoms. The van der Waals surface area contributed by atoms with E-state index in [-0.39, 0.29) is 0 Å². The van der Waals surface area contributed by atoms with Crippen molar-refractivity contribution in [1.82, 2.24) is 10.2 Å². The second-order valence-electron chi connectivity index (χ2n) is 5.19. The van der Waals surface area contributed by atoms with Crippen molar-refractivity contribution in [3.8, 4) is 5.75 Å². The summed E-state index contributed by atoms with van der Waals surface area (Å²) in [6.45, 7) is 7.60. The average Bonchev–Trinajstić information content (AvgIpc) is 2.43. The largest absolute Gasteiger partial charge is 0.496 e. The number of benzene rings is 1. The Hall–Kier alpha value is -1.06. The van der Waals surface area contributed by atoms with Crippen LogP contribution >= 0.6 is 0 Å². The quantitative estimate of drug-likeness (QED) is 0.742. The summed E-state index contributed by atoms with van der Waals surface area (Å²) in [4.78, 5) is 2.35. The number of nitrogens with zero attached hydrogens (tertiary/aromatic N) is 1. The third-order valence-electron chi connectivity index (χ3n) is 3.32. The van der Waals surface area contributed by atoms with E-state index in [2.05, 4.69) is 43.2 Å². The van der Waals surface area contributed by atoms with Gasteiger partial charge in [-0.15, -0.1) is 0 Å². The van der Waals surface area contributed by atoms with Crippen molar-refractivity contribution in [3.05, 3.63) is 29.8 Å². The molecule has 0 fully saturated rings. The summed E-state index contributed by atoms with van der Waals surface area (Å²) in [5, 5.41) is 3.52. The summed E-state index contributed by atoms with van der Waals surface area (Å²) in [5.74, 6) is 0.978. The van der Waals surface area contributed by atoms with E-state index in [4.69, 9.17) is 4.74 Å². The van der Waals surface area contributed by atoms with Gasteiger partial charge in [0.25, 0.3) is 0 Å².